The molecule has 0 aliphatic rings. The van der Waals surface area contributed by atoms with Crippen molar-refractivity contribution >= 4 is 50.7 Å². The number of benzene rings is 4. The molecule has 4 aromatic carbocycles. The molecule has 2 N–H and O–H groups in total. The zero-order chi connectivity index (χ0) is 19.2. The molecule has 0 aliphatic heterocycles. The Labute approximate surface area is 178 Å². The van der Waals surface area contributed by atoms with E-state index in [-0.39, 0.29) is 5.48 Å². The maximum absolute atomic E-state index is 2.24. The predicted molar refractivity (Wildman–Crippen MR) is 133 cm³/mol. The number of hydrogen-bond acceptors (Lipinski definition) is 1. The lowest BCUT2D eigenvalue weighted by atomic mass is 10.0. The average Bonchev–Trinajstić information content (AvgIpc) is 3.14. The first-order valence-corrected chi connectivity index (χ1v) is 11.4. The molecule has 1 heterocycles. The Bertz CT molecular complexity index is 1130. The summed E-state index contributed by atoms with van der Waals surface area (Å²) in [6, 6.07) is 36.5. The van der Waals surface area contributed by atoms with Crippen molar-refractivity contribution in [3.05, 3.63) is 109 Å². The third kappa shape index (κ3) is 5.10. The standard InChI is InChI=1S/C14H12S.C12H11P.H2O/c1-2-10-6-5-9-13-14(10)11-7-3-4-8-12(11)15-13;1-3-7-11(8-4-1)13-12-9-5-2-6-10-12;/h3-9H,2H2,1H3;1-10,13H;1H2. The van der Waals surface area contributed by atoms with Crippen LogP contribution in [0.1, 0.15) is 12.5 Å². The number of thiophene rings is 1. The van der Waals surface area contributed by atoms with E-state index in [1.807, 2.05) is 11.3 Å². The molecule has 0 saturated carbocycles. The van der Waals surface area contributed by atoms with Gasteiger partial charge in [-0.1, -0.05) is 106 Å². The van der Waals surface area contributed by atoms with Gasteiger partial charge in [-0.05, 0) is 34.7 Å². The lowest BCUT2D eigenvalue weighted by Gasteiger charge is -2.00. The summed E-state index contributed by atoms with van der Waals surface area (Å²) in [7, 11) is 0.777. The zero-order valence-electron chi connectivity index (χ0n) is 16.4. The molecule has 0 aliphatic carbocycles. The molecule has 0 spiro atoms. The van der Waals surface area contributed by atoms with Crippen LogP contribution in [-0.2, 0) is 6.42 Å². The maximum atomic E-state index is 2.24. The lowest BCUT2D eigenvalue weighted by molar-refractivity contribution is 0.824. The minimum atomic E-state index is 0. The van der Waals surface area contributed by atoms with Crippen molar-refractivity contribution in [1.29, 1.82) is 0 Å². The third-order valence-corrected chi connectivity index (χ3v) is 7.09. The Morgan fingerprint density at radius 3 is 1.79 bits per heavy atom. The smallest absolute Gasteiger partial charge is 0.0358 e. The molecule has 3 heteroatoms. The quantitative estimate of drug-likeness (QED) is 0.318. The van der Waals surface area contributed by atoms with Crippen LogP contribution in [0.25, 0.3) is 20.2 Å². The van der Waals surface area contributed by atoms with Crippen LogP contribution in [0.4, 0.5) is 0 Å². The second-order valence-corrected chi connectivity index (χ2v) is 9.09. The SMILES string of the molecule is CCc1cccc2sc3ccccc3c12.O.c1ccc(Pc2ccccc2)cc1. The Morgan fingerprint density at radius 1 is 0.621 bits per heavy atom. The van der Waals surface area contributed by atoms with Crippen molar-refractivity contribution in [2.75, 3.05) is 0 Å². The van der Waals surface area contributed by atoms with Crippen molar-refractivity contribution in [3.8, 4) is 0 Å². The second-order valence-electron chi connectivity index (χ2n) is 6.60. The summed E-state index contributed by atoms with van der Waals surface area (Å²) in [6.45, 7) is 2.22. The third-order valence-electron chi connectivity index (χ3n) is 4.71. The lowest BCUT2D eigenvalue weighted by Crippen LogP contribution is -2.01. The van der Waals surface area contributed by atoms with Crippen LogP contribution in [0.15, 0.2) is 103 Å². The van der Waals surface area contributed by atoms with E-state index in [9.17, 15) is 0 Å². The van der Waals surface area contributed by atoms with Crippen LogP contribution >= 0.6 is 19.9 Å². The Kier molecular flexibility index (Phi) is 7.55. The summed E-state index contributed by atoms with van der Waals surface area (Å²) in [5.41, 5.74) is 1.46. The number of hydrogen-bond donors (Lipinski definition) is 0. The van der Waals surface area contributed by atoms with Crippen LogP contribution in [-0.4, -0.2) is 5.48 Å². The minimum absolute atomic E-state index is 0. The molecule has 1 nitrogen and oxygen atoms in total. The van der Waals surface area contributed by atoms with E-state index in [1.165, 1.54) is 36.3 Å². The summed E-state index contributed by atoms with van der Waals surface area (Å²) in [6.07, 6.45) is 1.11. The van der Waals surface area contributed by atoms with Gasteiger partial charge in [-0.15, -0.1) is 11.3 Å². The minimum Gasteiger partial charge on any atom is -0.412 e. The maximum Gasteiger partial charge on any atom is 0.0358 e. The first kappa shape index (κ1) is 21.2. The van der Waals surface area contributed by atoms with Crippen LogP contribution in [0.5, 0.6) is 0 Å². The molecule has 0 fully saturated rings. The molecular formula is C26H25OPS. The topological polar surface area (TPSA) is 31.5 Å². The van der Waals surface area contributed by atoms with Crippen LogP contribution in [0.2, 0.25) is 0 Å². The van der Waals surface area contributed by atoms with E-state index in [0.29, 0.717) is 0 Å². The first-order chi connectivity index (χ1) is 13.8. The van der Waals surface area contributed by atoms with E-state index in [2.05, 4.69) is 110 Å². The Hall–Kier alpha value is -2.51. The molecule has 29 heavy (non-hydrogen) atoms. The molecule has 0 amide bonds. The Balaban J connectivity index is 0.000000162. The molecule has 0 saturated heterocycles. The van der Waals surface area contributed by atoms with Crippen molar-refractivity contribution in [2.24, 2.45) is 0 Å². The van der Waals surface area contributed by atoms with E-state index in [1.54, 1.807) is 0 Å². The molecule has 5 aromatic rings. The normalized spacial score (nSPS) is 10.2. The molecule has 0 radical (unpaired) electrons. The summed E-state index contributed by atoms with van der Waals surface area (Å²) in [5, 5.41) is 5.66. The molecule has 0 unspecified atom stereocenters. The van der Waals surface area contributed by atoms with Crippen LogP contribution in [0, 0.1) is 0 Å². The fourth-order valence-corrected chi connectivity index (χ4v) is 5.56. The van der Waals surface area contributed by atoms with Gasteiger partial charge in [0.15, 0.2) is 0 Å². The molecule has 0 bridgehead atoms. The highest BCUT2D eigenvalue weighted by atomic mass is 32.1. The predicted octanol–water partition coefficient (Wildman–Crippen LogP) is 6.11. The molecular weight excluding hydrogens is 391 g/mol. The van der Waals surface area contributed by atoms with E-state index >= 15 is 0 Å². The van der Waals surface area contributed by atoms with E-state index < -0.39 is 0 Å². The largest absolute Gasteiger partial charge is 0.412 e. The van der Waals surface area contributed by atoms with Crippen molar-refractivity contribution in [3.63, 3.8) is 0 Å². The highest BCUT2D eigenvalue weighted by Gasteiger charge is 2.06. The van der Waals surface area contributed by atoms with Gasteiger partial charge in [-0.25, -0.2) is 0 Å². The van der Waals surface area contributed by atoms with Gasteiger partial charge >= 0.3 is 0 Å². The average molecular weight is 417 g/mol. The van der Waals surface area contributed by atoms with Crippen molar-refractivity contribution in [2.45, 2.75) is 13.3 Å². The van der Waals surface area contributed by atoms with Crippen LogP contribution in [0.3, 0.4) is 0 Å². The Morgan fingerprint density at radius 2 is 1.17 bits per heavy atom. The molecule has 5 rings (SSSR count). The van der Waals surface area contributed by atoms with Crippen molar-refractivity contribution in [1.82, 2.24) is 0 Å². The van der Waals surface area contributed by atoms with Gasteiger partial charge in [0.05, 0.1) is 0 Å². The van der Waals surface area contributed by atoms with Crippen molar-refractivity contribution < 1.29 is 5.48 Å². The van der Waals surface area contributed by atoms with Gasteiger partial charge in [0.2, 0.25) is 0 Å². The summed E-state index contributed by atoms with van der Waals surface area (Å²) in [5.74, 6) is 0. The molecule has 0 atom stereocenters. The molecule has 146 valence electrons. The van der Waals surface area contributed by atoms with E-state index in [0.717, 1.165) is 15.0 Å². The van der Waals surface area contributed by atoms with E-state index in [4.69, 9.17) is 0 Å². The highest BCUT2D eigenvalue weighted by Crippen LogP contribution is 2.35. The summed E-state index contributed by atoms with van der Waals surface area (Å²) >= 11 is 1.89. The molecule has 1 aromatic heterocycles. The fraction of sp³-hybridized carbons (Fsp3) is 0.0769. The van der Waals surface area contributed by atoms with Gasteiger partial charge < -0.3 is 5.48 Å². The zero-order valence-corrected chi connectivity index (χ0v) is 18.2. The van der Waals surface area contributed by atoms with Gasteiger partial charge in [-0.3, -0.25) is 0 Å². The summed E-state index contributed by atoms with van der Waals surface area (Å²) in [4.78, 5) is 0. The fourth-order valence-electron chi connectivity index (χ4n) is 3.35. The monoisotopic (exact) mass is 416 g/mol. The van der Waals surface area contributed by atoms with Crippen LogP contribution < -0.4 is 10.6 Å². The van der Waals surface area contributed by atoms with Gasteiger partial charge in [-0.2, -0.15) is 0 Å². The van der Waals surface area contributed by atoms with Gasteiger partial charge in [0.1, 0.15) is 0 Å². The summed E-state index contributed by atoms with van der Waals surface area (Å²) < 4.78 is 2.81. The number of fused-ring (bicyclic) bond motifs is 3. The number of rotatable bonds is 3. The second kappa shape index (κ2) is 10.3. The number of aryl methyl sites for hydroxylation is 1. The van der Waals surface area contributed by atoms with Gasteiger partial charge in [0, 0.05) is 20.2 Å². The first-order valence-electron chi connectivity index (χ1n) is 9.61. The highest BCUT2D eigenvalue weighted by molar-refractivity contribution is 7.55. The van der Waals surface area contributed by atoms with Gasteiger partial charge in [0.25, 0.3) is 0 Å².